The van der Waals surface area contributed by atoms with Gasteiger partial charge >= 0.3 is 0 Å². The predicted octanol–water partition coefficient (Wildman–Crippen LogP) is 3.93. The van der Waals surface area contributed by atoms with Crippen molar-refractivity contribution in [1.82, 2.24) is 5.32 Å². The maximum absolute atomic E-state index is 12.7. The maximum atomic E-state index is 12.7. The van der Waals surface area contributed by atoms with Gasteiger partial charge in [-0.3, -0.25) is 9.59 Å². The number of halogens is 1. The third kappa shape index (κ3) is 5.08. The Labute approximate surface area is 175 Å². The van der Waals surface area contributed by atoms with E-state index in [0.29, 0.717) is 23.6 Å². The number of benzene rings is 2. The molecule has 0 saturated heterocycles. The number of nitrogens with one attached hydrogen (secondary N) is 2. The van der Waals surface area contributed by atoms with Crippen LogP contribution in [0.5, 0.6) is 5.75 Å². The summed E-state index contributed by atoms with van der Waals surface area (Å²) in [5.74, 6) is 1.08. The van der Waals surface area contributed by atoms with E-state index in [2.05, 4.69) is 26.6 Å². The molecule has 3 rings (SSSR count). The van der Waals surface area contributed by atoms with Gasteiger partial charge in [-0.2, -0.15) is 0 Å². The van der Waals surface area contributed by atoms with E-state index in [9.17, 15) is 9.59 Å². The fraction of sp³-hybridized carbons (Fsp3) is 0.200. The van der Waals surface area contributed by atoms with E-state index in [1.54, 1.807) is 36.8 Å². The molecule has 0 atom stereocenters. The van der Waals surface area contributed by atoms with Gasteiger partial charge in [-0.15, -0.1) is 11.8 Å². The number of ether oxygens (including phenoxy) is 2. The molecule has 0 spiro atoms. The van der Waals surface area contributed by atoms with Crippen LogP contribution in [0.3, 0.4) is 0 Å². The number of amides is 2. The second kappa shape index (κ2) is 9.66. The van der Waals surface area contributed by atoms with Crippen LogP contribution in [0.15, 0.2) is 58.1 Å². The number of carbonyl (C=O) groups is 2. The Morgan fingerprint density at radius 1 is 1.21 bits per heavy atom. The molecule has 146 valence electrons. The lowest BCUT2D eigenvalue weighted by Crippen LogP contribution is -2.26. The van der Waals surface area contributed by atoms with Gasteiger partial charge in [-0.25, -0.2) is 0 Å². The summed E-state index contributed by atoms with van der Waals surface area (Å²) in [6.07, 6.45) is 0. The van der Waals surface area contributed by atoms with Gasteiger partial charge in [0.25, 0.3) is 11.8 Å². The van der Waals surface area contributed by atoms with Crippen LogP contribution < -0.4 is 15.4 Å². The molecule has 0 aliphatic carbocycles. The van der Waals surface area contributed by atoms with Gasteiger partial charge < -0.3 is 20.1 Å². The van der Waals surface area contributed by atoms with Gasteiger partial charge in [0, 0.05) is 27.7 Å². The number of para-hydroxylation sites is 1. The lowest BCUT2D eigenvalue weighted by Gasteiger charge is -2.16. The smallest absolute Gasteiger partial charge is 0.291 e. The van der Waals surface area contributed by atoms with Crippen LogP contribution in [-0.2, 0) is 16.1 Å². The highest BCUT2D eigenvalue weighted by Crippen LogP contribution is 2.23. The Morgan fingerprint density at radius 2 is 2.04 bits per heavy atom. The fourth-order valence-electron chi connectivity index (χ4n) is 2.62. The lowest BCUT2D eigenvalue weighted by atomic mass is 10.1. The summed E-state index contributed by atoms with van der Waals surface area (Å²) in [6, 6.07) is 12.4. The molecule has 1 aliphatic heterocycles. The molecule has 0 saturated carbocycles. The van der Waals surface area contributed by atoms with Crippen molar-refractivity contribution in [2.45, 2.75) is 6.54 Å². The minimum absolute atomic E-state index is 0.255. The first-order valence-electron chi connectivity index (χ1n) is 8.54. The highest BCUT2D eigenvalue weighted by Gasteiger charge is 2.18. The maximum Gasteiger partial charge on any atom is 0.291 e. The molecule has 2 aromatic carbocycles. The van der Waals surface area contributed by atoms with Crippen LogP contribution >= 0.6 is 27.7 Å². The van der Waals surface area contributed by atoms with Crippen LogP contribution in [-0.4, -0.2) is 31.3 Å². The molecule has 2 N–H and O–H groups in total. The largest absolute Gasteiger partial charge is 0.496 e. The van der Waals surface area contributed by atoms with Gasteiger partial charge in [0.05, 0.1) is 25.0 Å². The normalized spacial score (nSPS) is 13.1. The quantitative estimate of drug-likeness (QED) is 0.679. The Kier molecular flexibility index (Phi) is 7.00. The number of hydrogen-bond donors (Lipinski definition) is 2. The highest BCUT2D eigenvalue weighted by molar-refractivity contribution is 9.10. The topological polar surface area (TPSA) is 76.7 Å². The molecule has 6 nitrogen and oxygen atoms in total. The van der Waals surface area contributed by atoms with E-state index >= 15 is 0 Å². The Bertz CT molecular complexity index is 917. The second-order valence-electron chi connectivity index (χ2n) is 5.84. The molecule has 0 fully saturated rings. The first kappa shape index (κ1) is 20.3. The van der Waals surface area contributed by atoms with E-state index in [0.717, 1.165) is 15.8 Å². The van der Waals surface area contributed by atoms with Crippen molar-refractivity contribution in [3.8, 4) is 5.75 Å². The number of hydrogen-bond acceptors (Lipinski definition) is 5. The number of rotatable bonds is 6. The molecule has 0 unspecified atom stereocenters. The monoisotopic (exact) mass is 462 g/mol. The number of thioether (sulfide) groups is 1. The average Bonchev–Trinajstić information content (AvgIpc) is 2.73. The lowest BCUT2D eigenvalue weighted by molar-refractivity contribution is -0.116. The highest BCUT2D eigenvalue weighted by atomic mass is 79.9. The van der Waals surface area contributed by atoms with Crippen LogP contribution in [0.1, 0.15) is 15.9 Å². The Balaban J connectivity index is 1.71. The number of anilines is 1. The third-order valence-electron chi connectivity index (χ3n) is 3.97. The van der Waals surface area contributed by atoms with E-state index in [4.69, 9.17) is 9.47 Å². The molecule has 1 heterocycles. The summed E-state index contributed by atoms with van der Waals surface area (Å²) in [6.45, 7) is 0.773. The van der Waals surface area contributed by atoms with Crippen molar-refractivity contribution in [3.63, 3.8) is 0 Å². The van der Waals surface area contributed by atoms with Crippen LogP contribution in [0, 0.1) is 0 Å². The van der Waals surface area contributed by atoms with Crippen molar-refractivity contribution >= 4 is 45.2 Å². The summed E-state index contributed by atoms with van der Waals surface area (Å²) in [5.41, 5.74) is 1.63. The molecule has 8 heteroatoms. The average molecular weight is 463 g/mol. The van der Waals surface area contributed by atoms with Gasteiger partial charge in [-0.05, 0) is 30.3 Å². The summed E-state index contributed by atoms with van der Waals surface area (Å²) >= 11 is 4.94. The summed E-state index contributed by atoms with van der Waals surface area (Å²) < 4.78 is 11.6. The van der Waals surface area contributed by atoms with E-state index < -0.39 is 0 Å². The van der Waals surface area contributed by atoms with Crippen LogP contribution in [0.2, 0.25) is 0 Å². The second-order valence-corrected chi connectivity index (χ2v) is 7.73. The van der Waals surface area contributed by atoms with E-state index in [1.807, 2.05) is 18.2 Å². The molecule has 0 radical (unpaired) electrons. The molecule has 28 heavy (non-hydrogen) atoms. The summed E-state index contributed by atoms with van der Waals surface area (Å²) in [7, 11) is 1.58. The van der Waals surface area contributed by atoms with Gasteiger partial charge in [0.15, 0.2) is 5.76 Å². The molecule has 2 aromatic rings. The minimum Gasteiger partial charge on any atom is -0.496 e. The van der Waals surface area contributed by atoms with Crippen molar-refractivity contribution in [3.05, 3.63) is 69.2 Å². The standard InChI is InChI=1S/C20H19BrN2O4S/c1-26-17-7-6-14(21)10-13(17)11-22-19(24)15-4-2-3-5-16(15)23-20(25)18-12-28-9-8-27-18/h2-7,10,12H,8-9,11H2,1H3,(H,22,24)(H,23,25). The fourth-order valence-corrected chi connectivity index (χ4v) is 3.65. The Hall–Kier alpha value is -2.45. The SMILES string of the molecule is COc1ccc(Br)cc1CNC(=O)c1ccccc1NC(=O)C1=CSCCO1. The van der Waals surface area contributed by atoms with Crippen molar-refractivity contribution in [2.75, 3.05) is 24.8 Å². The number of carbonyl (C=O) groups excluding carboxylic acids is 2. The molecular weight excluding hydrogens is 444 g/mol. The van der Waals surface area contributed by atoms with Crippen LogP contribution in [0.4, 0.5) is 5.69 Å². The molecule has 1 aliphatic rings. The van der Waals surface area contributed by atoms with Gasteiger partial charge in [0.1, 0.15) is 5.75 Å². The molecule has 0 bridgehead atoms. The van der Waals surface area contributed by atoms with Crippen molar-refractivity contribution in [2.24, 2.45) is 0 Å². The third-order valence-corrected chi connectivity index (χ3v) is 5.25. The van der Waals surface area contributed by atoms with Crippen molar-refractivity contribution in [1.29, 1.82) is 0 Å². The van der Waals surface area contributed by atoms with Crippen molar-refractivity contribution < 1.29 is 19.1 Å². The molecule has 0 aromatic heterocycles. The first-order chi connectivity index (χ1) is 13.6. The predicted molar refractivity (Wildman–Crippen MR) is 113 cm³/mol. The number of methoxy groups -OCH3 is 1. The zero-order valence-corrected chi connectivity index (χ0v) is 17.6. The van der Waals surface area contributed by atoms with Crippen LogP contribution in [0.25, 0.3) is 0 Å². The zero-order chi connectivity index (χ0) is 19.9. The minimum atomic E-state index is -0.374. The molecule has 2 amide bonds. The van der Waals surface area contributed by atoms with Gasteiger partial charge in [0.2, 0.25) is 0 Å². The van der Waals surface area contributed by atoms with Gasteiger partial charge in [-0.1, -0.05) is 28.1 Å². The zero-order valence-electron chi connectivity index (χ0n) is 15.2. The summed E-state index contributed by atoms with van der Waals surface area (Å²) in [5, 5.41) is 7.30. The van der Waals surface area contributed by atoms with E-state index in [-0.39, 0.29) is 24.1 Å². The molecular formula is C20H19BrN2O4S. The summed E-state index contributed by atoms with van der Waals surface area (Å²) in [4.78, 5) is 25.1. The first-order valence-corrected chi connectivity index (χ1v) is 10.4. The van der Waals surface area contributed by atoms with E-state index in [1.165, 1.54) is 11.8 Å². The Morgan fingerprint density at radius 3 is 2.79 bits per heavy atom.